The molecule has 1 heterocycles. The van der Waals surface area contributed by atoms with E-state index in [1.165, 1.54) is 19.2 Å². The van der Waals surface area contributed by atoms with Gasteiger partial charge in [-0.15, -0.1) is 0 Å². The van der Waals surface area contributed by atoms with E-state index in [4.69, 9.17) is 10.5 Å². The summed E-state index contributed by atoms with van der Waals surface area (Å²) in [7, 11) is 1.42. The van der Waals surface area contributed by atoms with Crippen LogP contribution in [0.4, 0.5) is 15.8 Å². The second-order valence-electron chi connectivity index (χ2n) is 4.91. The van der Waals surface area contributed by atoms with Gasteiger partial charge in [0.05, 0.1) is 7.11 Å². The molecule has 2 N–H and O–H groups in total. The number of nitrogens with zero attached hydrogens (tertiary/aromatic N) is 1. The Morgan fingerprint density at radius 3 is 2.90 bits per heavy atom. The number of carbonyl (C=O) groups is 1. The third kappa shape index (κ3) is 2.20. The van der Waals surface area contributed by atoms with Crippen LogP contribution in [0, 0.1) is 5.82 Å². The molecule has 0 radical (unpaired) electrons. The van der Waals surface area contributed by atoms with E-state index in [9.17, 15) is 9.18 Å². The van der Waals surface area contributed by atoms with Crippen molar-refractivity contribution in [1.29, 1.82) is 0 Å². The number of nitrogen functional groups attached to an aromatic ring is 1. The third-order valence-corrected chi connectivity index (χ3v) is 3.65. The largest absolute Gasteiger partial charge is 0.496 e. The summed E-state index contributed by atoms with van der Waals surface area (Å²) in [6.45, 7) is 0.509. The predicted molar refractivity (Wildman–Crippen MR) is 79.2 cm³/mol. The zero-order valence-electron chi connectivity index (χ0n) is 11.6. The lowest BCUT2D eigenvalue weighted by Crippen LogP contribution is -2.30. The molecular formula is C16H15FN2O2. The number of carbonyl (C=O) groups excluding carboxylic acids is 1. The third-order valence-electron chi connectivity index (χ3n) is 3.65. The molecule has 0 spiro atoms. The van der Waals surface area contributed by atoms with E-state index in [0.29, 0.717) is 18.7 Å². The van der Waals surface area contributed by atoms with Gasteiger partial charge < -0.3 is 15.4 Å². The van der Waals surface area contributed by atoms with Crippen LogP contribution < -0.4 is 15.4 Å². The molecule has 0 aromatic heterocycles. The van der Waals surface area contributed by atoms with Crippen molar-refractivity contribution in [1.82, 2.24) is 0 Å². The molecule has 0 fully saturated rings. The number of rotatable bonds is 2. The average molecular weight is 286 g/mol. The smallest absolute Gasteiger partial charge is 0.265 e. The number of hydrogen-bond donors (Lipinski definition) is 1. The van der Waals surface area contributed by atoms with E-state index in [-0.39, 0.29) is 11.3 Å². The van der Waals surface area contributed by atoms with Crippen molar-refractivity contribution in [2.45, 2.75) is 6.42 Å². The van der Waals surface area contributed by atoms with Crippen molar-refractivity contribution in [3.05, 3.63) is 53.3 Å². The van der Waals surface area contributed by atoms with Crippen LogP contribution in [-0.4, -0.2) is 19.6 Å². The Morgan fingerprint density at radius 1 is 1.33 bits per heavy atom. The van der Waals surface area contributed by atoms with Gasteiger partial charge in [-0.1, -0.05) is 6.07 Å². The molecule has 0 saturated heterocycles. The van der Waals surface area contributed by atoms with Crippen molar-refractivity contribution < 1.29 is 13.9 Å². The van der Waals surface area contributed by atoms with Gasteiger partial charge >= 0.3 is 0 Å². The minimum absolute atomic E-state index is 0.0373. The van der Waals surface area contributed by atoms with Crippen LogP contribution in [0.2, 0.25) is 0 Å². The number of anilines is 2. The first-order valence-electron chi connectivity index (χ1n) is 6.64. The normalized spacial score (nSPS) is 13.1. The molecule has 1 amide bonds. The van der Waals surface area contributed by atoms with Gasteiger partial charge in [-0.2, -0.15) is 0 Å². The maximum Gasteiger partial charge on any atom is 0.265 e. The Labute approximate surface area is 121 Å². The Morgan fingerprint density at radius 2 is 2.14 bits per heavy atom. The fourth-order valence-electron chi connectivity index (χ4n) is 2.65. The van der Waals surface area contributed by atoms with Gasteiger partial charge in [-0.05, 0) is 42.3 Å². The summed E-state index contributed by atoms with van der Waals surface area (Å²) >= 11 is 0. The first-order chi connectivity index (χ1) is 10.1. The number of fused-ring (bicyclic) bond motifs is 1. The van der Waals surface area contributed by atoms with E-state index >= 15 is 0 Å². The van der Waals surface area contributed by atoms with E-state index in [2.05, 4.69) is 0 Å². The van der Waals surface area contributed by atoms with Crippen LogP contribution in [0.1, 0.15) is 15.9 Å². The van der Waals surface area contributed by atoms with Crippen molar-refractivity contribution >= 4 is 17.3 Å². The zero-order chi connectivity index (χ0) is 15.0. The molecule has 0 atom stereocenters. The van der Waals surface area contributed by atoms with E-state index < -0.39 is 11.7 Å². The Hall–Kier alpha value is -2.56. The quantitative estimate of drug-likeness (QED) is 0.863. The molecule has 3 rings (SSSR count). The summed E-state index contributed by atoms with van der Waals surface area (Å²) in [6.07, 6.45) is 0.711. The SMILES string of the molecule is COc1cccc(F)c1C(=O)N1CCc2cc(N)ccc21. The molecule has 0 saturated carbocycles. The molecule has 0 unspecified atom stereocenters. The second kappa shape index (κ2) is 5.09. The fourth-order valence-corrected chi connectivity index (χ4v) is 2.65. The molecule has 2 aromatic rings. The van der Waals surface area contributed by atoms with Crippen LogP contribution in [0.3, 0.4) is 0 Å². The van der Waals surface area contributed by atoms with E-state index in [1.54, 1.807) is 23.1 Å². The summed E-state index contributed by atoms with van der Waals surface area (Å²) < 4.78 is 19.1. The summed E-state index contributed by atoms with van der Waals surface area (Å²) in [5, 5.41) is 0. The monoisotopic (exact) mass is 286 g/mol. The number of methoxy groups -OCH3 is 1. The first kappa shape index (κ1) is 13.4. The molecule has 1 aliphatic heterocycles. The lowest BCUT2D eigenvalue weighted by Gasteiger charge is -2.19. The van der Waals surface area contributed by atoms with E-state index in [1.807, 2.05) is 6.07 Å². The zero-order valence-corrected chi connectivity index (χ0v) is 11.6. The van der Waals surface area contributed by atoms with Crippen molar-refractivity contribution in [3.8, 4) is 5.75 Å². The molecule has 1 aliphatic rings. The minimum Gasteiger partial charge on any atom is -0.496 e. The van der Waals surface area contributed by atoms with Crippen LogP contribution >= 0.6 is 0 Å². The van der Waals surface area contributed by atoms with Crippen molar-refractivity contribution in [2.75, 3.05) is 24.3 Å². The van der Waals surface area contributed by atoms with Gasteiger partial charge in [0, 0.05) is 17.9 Å². The Balaban J connectivity index is 2.03. The Kier molecular flexibility index (Phi) is 3.25. The number of ether oxygens (including phenoxy) is 1. The molecule has 4 nitrogen and oxygen atoms in total. The molecule has 108 valence electrons. The van der Waals surface area contributed by atoms with Gasteiger partial charge in [0.2, 0.25) is 0 Å². The van der Waals surface area contributed by atoms with Crippen molar-refractivity contribution in [2.24, 2.45) is 0 Å². The van der Waals surface area contributed by atoms with Gasteiger partial charge in [0.25, 0.3) is 5.91 Å². The number of halogens is 1. The standard InChI is InChI=1S/C16H15FN2O2/c1-21-14-4-2-3-12(17)15(14)16(20)19-8-7-10-9-11(18)5-6-13(10)19/h2-6,9H,7-8,18H2,1H3. The maximum absolute atomic E-state index is 14.0. The highest BCUT2D eigenvalue weighted by molar-refractivity contribution is 6.09. The molecule has 2 aromatic carbocycles. The first-order valence-corrected chi connectivity index (χ1v) is 6.64. The number of amides is 1. The number of nitrogens with two attached hydrogens (primary N) is 1. The van der Waals surface area contributed by atoms with Crippen LogP contribution in [-0.2, 0) is 6.42 Å². The molecular weight excluding hydrogens is 271 g/mol. The van der Waals surface area contributed by atoms with Gasteiger partial charge in [0.15, 0.2) is 0 Å². The molecule has 0 aliphatic carbocycles. The molecule has 0 bridgehead atoms. The van der Waals surface area contributed by atoms with Crippen LogP contribution in [0.15, 0.2) is 36.4 Å². The summed E-state index contributed by atoms with van der Waals surface area (Å²) in [5.41, 5.74) is 8.15. The number of benzene rings is 2. The average Bonchev–Trinajstić information content (AvgIpc) is 2.89. The van der Waals surface area contributed by atoms with E-state index in [0.717, 1.165) is 11.3 Å². The highest BCUT2D eigenvalue weighted by atomic mass is 19.1. The lowest BCUT2D eigenvalue weighted by molar-refractivity contribution is 0.0982. The molecule has 5 heteroatoms. The van der Waals surface area contributed by atoms with Crippen molar-refractivity contribution in [3.63, 3.8) is 0 Å². The highest BCUT2D eigenvalue weighted by Crippen LogP contribution is 2.33. The van der Waals surface area contributed by atoms with Gasteiger partial charge in [-0.3, -0.25) is 4.79 Å². The van der Waals surface area contributed by atoms with Gasteiger partial charge in [0.1, 0.15) is 17.1 Å². The summed E-state index contributed by atoms with van der Waals surface area (Å²) in [6, 6.07) is 9.74. The Bertz CT molecular complexity index is 715. The highest BCUT2D eigenvalue weighted by Gasteiger charge is 2.29. The topological polar surface area (TPSA) is 55.6 Å². The summed E-state index contributed by atoms with van der Waals surface area (Å²) in [4.78, 5) is 14.2. The van der Waals surface area contributed by atoms with Crippen LogP contribution in [0.5, 0.6) is 5.75 Å². The lowest BCUT2D eigenvalue weighted by atomic mass is 10.1. The fraction of sp³-hybridized carbons (Fsp3) is 0.188. The predicted octanol–water partition coefficient (Wildman–Crippen LogP) is 2.62. The maximum atomic E-state index is 14.0. The second-order valence-corrected chi connectivity index (χ2v) is 4.91. The number of hydrogen-bond acceptors (Lipinski definition) is 3. The molecule has 21 heavy (non-hydrogen) atoms. The van der Waals surface area contributed by atoms with Crippen LogP contribution in [0.25, 0.3) is 0 Å². The van der Waals surface area contributed by atoms with Gasteiger partial charge in [-0.25, -0.2) is 4.39 Å². The minimum atomic E-state index is -0.580. The summed E-state index contributed by atoms with van der Waals surface area (Å²) in [5.74, 6) is -0.736.